The zero-order chi connectivity index (χ0) is 12.1. The van der Waals surface area contributed by atoms with Gasteiger partial charge in [0.25, 0.3) is 0 Å². The van der Waals surface area contributed by atoms with Crippen LogP contribution in [0.3, 0.4) is 0 Å². The van der Waals surface area contributed by atoms with Crippen LogP contribution in [0.25, 0.3) is 0 Å². The predicted molar refractivity (Wildman–Crippen MR) is 61.5 cm³/mol. The van der Waals surface area contributed by atoms with E-state index in [1.165, 1.54) is 6.33 Å². The first kappa shape index (κ1) is 12.4. The minimum absolute atomic E-state index is 0.118. The molecular formula is C9H17N5O2. The second-order valence-corrected chi connectivity index (χ2v) is 3.87. The summed E-state index contributed by atoms with van der Waals surface area (Å²) in [6.07, 6.45) is 2.36. The Labute approximate surface area is 94.2 Å². The summed E-state index contributed by atoms with van der Waals surface area (Å²) in [4.78, 5) is 16.0. The third-order valence-corrected chi connectivity index (χ3v) is 2.17. The quantitative estimate of drug-likeness (QED) is 0.439. The van der Waals surface area contributed by atoms with Crippen LogP contribution in [0.1, 0.15) is 6.42 Å². The molecule has 1 N–H and O–H groups in total. The van der Waals surface area contributed by atoms with Crippen LogP contribution in [-0.4, -0.2) is 46.6 Å². The first-order valence-corrected chi connectivity index (χ1v) is 5.06. The Bertz CT molecular complexity index is 361. The molecule has 7 heteroatoms. The van der Waals surface area contributed by atoms with Crippen LogP contribution in [0.5, 0.6) is 0 Å². The summed E-state index contributed by atoms with van der Waals surface area (Å²) in [6.45, 7) is 1.64. The molecule has 1 aromatic heterocycles. The lowest BCUT2D eigenvalue weighted by Crippen LogP contribution is -2.17. The van der Waals surface area contributed by atoms with E-state index in [0.29, 0.717) is 12.4 Å². The van der Waals surface area contributed by atoms with E-state index in [4.69, 9.17) is 0 Å². The molecule has 0 aromatic carbocycles. The van der Waals surface area contributed by atoms with Gasteiger partial charge in [-0.2, -0.15) is 0 Å². The number of anilines is 1. The normalized spacial score (nSPS) is 10.8. The van der Waals surface area contributed by atoms with Crippen molar-refractivity contribution in [1.29, 1.82) is 0 Å². The highest BCUT2D eigenvalue weighted by Gasteiger charge is 2.18. The van der Waals surface area contributed by atoms with Crippen molar-refractivity contribution in [2.24, 2.45) is 7.05 Å². The van der Waals surface area contributed by atoms with Gasteiger partial charge in [0.1, 0.15) is 0 Å². The lowest BCUT2D eigenvalue weighted by molar-refractivity contribution is -0.388. The topological polar surface area (TPSA) is 76.2 Å². The van der Waals surface area contributed by atoms with Gasteiger partial charge in [-0.25, -0.2) is 0 Å². The summed E-state index contributed by atoms with van der Waals surface area (Å²) in [5, 5.41) is 13.7. The standard InChI is InChI=1S/C9H17N5O2/c1-12(2)6-4-5-10-8-9(14(15)16)11-7-13(8)3/h7,10H,4-6H2,1-3H3. The molecule has 0 saturated heterocycles. The third-order valence-electron chi connectivity index (χ3n) is 2.17. The molecule has 0 aliphatic rings. The molecule has 0 unspecified atom stereocenters. The fourth-order valence-electron chi connectivity index (χ4n) is 1.36. The van der Waals surface area contributed by atoms with Gasteiger partial charge >= 0.3 is 5.82 Å². The smallest absolute Gasteiger partial charge is 0.364 e. The van der Waals surface area contributed by atoms with Gasteiger partial charge in [-0.15, -0.1) is 0 Å². The predicted octanol–water partition coefficient (Wildman–Crippen LogP) is 0.692. The number of nitrogens with zero attached hydrogens (tertiary/aromatic N) is 4. The van der Waals surface area contributed by atoms with E-state index in [-0.39, 0.29) is 5.82 Å². The van der Waals surface area contributed by atoms with Gasteiger partial charge in [-0.1, -0.05) is 0 Å². The molecule has 0 aliphatic heterocycles. The highest BCUT2D eigenvalue weighted by atomic mass is 16.6. The zero-order valence-electron chi connectivity index (χ0n) is 9.80. The third kappa shape index (κ3) is 3.20. The van der Waals surface area contributed by atoms with Crippen LogP contribution in [0, 0.1) is 10.1 Å². The molecule has 0 amide bonds. The Kier molecular flexibility index (Phi) is 4.24. The van der Waals surface area contributed by atoms with Crippen molar-refractivity contribution in [2.75, 3.05) is 32.5 Å². The van der Waals surface area contributed by atoms with Gasteiger partial charge in [0.15, 0.2) is 0 Å². The van der Waals surface area contributed by atoms with Crippen molar-refractivity contribution in [3.8, 4) is 0 Å². The minimum atomic E-state index is -0.478. The summed E-state index contributed by atoms with van der Waals surface area (Å²) in [5.74, 6) is 0.344. The highest BCUT2D eigenvalue weighted by molar-refractivity contribution is 5.51. The molecule has 0 fully saturated rings. The molecule has 1 heterocycles. The maximum atomic E-state index is 10.7. The van der Waals surface area contributed by atoms with Crippen LogP contribution in [0.2, 0.25) is 0 Å². The van der Waals surface area contributed by atoms with Crippen molar-refractivity contribution >= 4 is 11.6 Å². The molecular weight excluding hydrogens is 210 g/mol. The van der Waals surface area contributed by atoms with E-state index in [0.717, 1.165) is 13.0 Å². The molecule has 0 radical (unpaired) electrons. The molecule has 0 atom stereocenters. The number of aromatic nitrogens is 2. The van der Waals surface area contributed by atoms with Gasteiger partial charge in [0.05, 0.1) is 0 Å². The fraction of sp³-hybridized carbons (Fsp3) is 0.667. The lowest BCUT2D eigenvalue weighted by atomic mass is 10.4. The number of rotatable bonds is 6. The van der Waals surface area contributed by atoms with Gasteiger partial charge in [-0.3, -0.25) is 4.57 Å². The SMILES string of the molecule is CN(C)CCCNc1c([N+](=O)[O-])ncn1C. The summed E-state index contributed by atoms with van der Waals surface area (Å²) < 4.78 is 1.62. The van der Waals surface area contributed by atoms with Crippen molar-refractivity contribution in [3.05, 3.63) is 16.4 Å². The molecule has 0 saturated carbocycles. The van der Waals surface area contributed by atoms with Crippen LogP contribution in [-0.2, 0) is 7.05 Å². The Morgan fingerprint density at radius 1 is 1.62 bits per heavy atom. The summed E-state index contributed by atoms with van der Waals surface area (Å²) >= 11 is 0. The Morgan fingerprint density at radius 3 is 2.88 bits per heavy atom. The second-order valence-electron chi connectivity index (χ2n) is 3.87. The molecule has 1 rings (SSSR count). The average molecular weight is 227 g/mol. The van der Waals surface area contributed by atoms with Crippen LogP contribution < -0.4 is 5.32 Å². The van der Waals surface area contributed by atoms with E-state index in [1.54, 1.807) is 11.6 Å². The van der Waals surface area contributed by atoms with E-state index < -0.39 is 4.92 Å². The van der Waals surface area contributed by atoms with Crippen molar-refractivity contribution in [2.45, 2.75) is 6.42 Å². The first-order chi connectivity index (χ1) is 7.52. The van der Waals surface area contributed by atoms with E-state index in [9.17, 15) is 10.1 Å². The van der Waals surface area contributed by atoms with E-state index >= 15 is 0 Å². The van der Waals surface area contributed by atoms with Crippen molar-refractivity contribution < 1.29 is 4.92 Å². The van der Waals surface area contributed by atoms with Crippen molar-refractivity contribution in [1.82, 2.24) is 14.5 Å². The monoisotopic (exact) mass is 227 g/mol. The fourth-order valence-corrected chi connectivity index (χ4v) is 1.36. The van der Waals surface area contributed by atoms with E-state index in [1.807, 2.05) is 14.1 Å². The zero-order valence-corrected chi connectivity index (χ0v) is 9.80. The van der Waals surface area contributed by atoms with E-state index in [2.05, 4.69) is 15.2 Å². The summed E-state index contributed by atoms with van der Waals surface area (Å²) in [7, 11) is 5.72. The van der Waals surface area contributed by atoms with Crippen LogP contribution in [0.15, 0.2) is 6.33 Å². The second kappa shape index (κ2) is 5.45. The van der Waals surface area contributed by atoms with Crippen LogP contribution >= 0.6 is 0 Å². The first-order valence-electron chi connectivity index (χ1n) is 5.06. The summed E-state index contributed by atoms with van der Waals surface area (Å²) in [5.41, 5.74) is 0. The molecule has 0 spiro atoms. The minimum Gasteiger partial charge on any atom is -0.364 e. The van der Waals surface area contributed by atoms with Crippen molar-refractivity contribution in [3.63, 3.8) is 0 Å². The molecule has 0 bridgehead atoms. The number of nitro groups is 1. The van der Waals surface area contributed by atoms with Gasteiger partial charge in [0, 0.05) is 13.6 Å². The number of nitrogens with one attached hydrogen (secondary N) is 1. The van der Waals surface area contributed by atoms with Gasteiger partial charge in [-0.05, 0) is 37.0 Å². The Morgan fingerprint density at radius 2 is 2.31 bits per heavy atom. The number of aryl methyl sites for hydroxylation is 1. The highest BCUT2D eigenvalue weighted by Crippen LogP contribution is 2.20. The van der Waals surface area contributed by atoms with Gasteiger partial charge in [0.2, 0.25) is 12.1 Å². The maximum absolute atomic E-state index is 10.7. The lowest BCUT2D eigenvalue weighted by Gasteiger charge is -2.10. The van der Waals surface area contributed by atoms with Crippen LogP contribution in [0.4, 0.5) is 11.6 Å². The molecule has 1 aromatic rings. The average Bonchev–Trinajstić information content (AvgIpc) is 2.54. The van der Waals surface area contributed by atoms with Gasteiger partial charge < -0.3 is 20.3 Å². The molecule has 0 aliphatic carbocycles. The summed E-state index contributed by atoms with van der Waals surface area (Å²) in [6, 6.07) is 0. The molecule has 7 nitrogen and oxygen atoms in total. The molecule has 16 heavy (non-hydrogen) atoms. The Hall–Kier alpha value is -1.63. The Balaban J connectivity index is 2.52. The number of hydrogen-bond donors (Lipinski definition) is 1. The number of hydrogen-bond acceptors (Lipinski definition) is 5. The molecule has 90 valence electrons. The number of imidazole rings is 1. The maximum Gasteiger partial charge on any atom is 0.406 e. The largest absolute Gasteiger partial charge is 0.406 e.